The van der Waals surface area contributed by atoms with Crippen molar-refractivity contribution < 1.29 is 4.79 Å². The fraction of sp³-hybridized carbons (Fsp3) is 0.462. The molecule has 0 fully saturated rings. The summed E-state index contributed by atoms with van der Waals surface area (Å²) in [5.74, 6) is 0.565. The molecule has 0 saturated carbocycles. The molecule has 4 nitrogen and oxygen atoms in total. The van der Waals surface area contributed by atoms with Crippen molar-refractivity contribution in [1.82, 2.24) is 4.98 Å². The molecule has 1 atom stereocenters. The zero-order valence-corrected chi connectivity index (χ0v) is 11.5. The molecule has 1 N–H and O–H groups in total. The smallest absolute Gasteiger partial charge is 0.204 e. The van der Waals surface area contributed by atoms with Crippen LogP contribution in [-0.4, -0.2) is 17.0 Å². The molecule has 0 saturated heterocycles. The molecular weight excluding hydrogens is 246 g/mol. The lowest BCUT2D eigenvalue weighted by Gasteiger charge is -2.11. The monoisotopic (exact) mass is 263 g/mol. The van der Waals surface area contributed by atoms with Crippen LogP contribution in [0.15, 0.2) is 17.3 Å². The molecule has 0 radical (unpaired) electrons. The number of nitrogens with one attached hydrogen (secondary N) is 1. The van der Waals surface area contributed by atoms with Crippen molar-refractivity contribution in [2.75, 3.05) is 5.43 Å². The van der Waals surface area contributed by atoms with Crippen LogP contribution in [0, 0.1) is 12.8 Å². The summed E-state index contributed by atoms with van der Waals surface area (Å²) in [5, 5.41) is 4.89. The predicted octanol–water partition coefficient (Wildman–Crippen LogP) is 3.41. The van der Waals surface area contributed by atoms with Crippen molar-refractivity contribution >= 4 is 28.5 Å². The summed E-state index contributed by atoms with van der Waals surface area (Å²) in [5.41, 5.74) is 3.68. The van der Waals surface area contributed by atoms with Crippen LogP contribution in [0.25, 0.3) is 0 Å². The molecule has 5 heteroatoms. The number of Topliss-reactive ketones (excluding diaryl/α,β-unsaturated/α-hetero) is 1. The van der Waals surface area contributed by atoms with Crippen LogP contribution in [0.2, 0.25) is 0 Å². The van der Waals surface area contributed by atoms with Crippen molar-refractivity contribution in [2.45, 2.75) is 33.1 Å². The normalized spacial score (nSPS) is 19.3. The number of carbonyl (C=O) groups is 1. The van der Waals surface area contributed by atoms with Crippen LogP contribution < -0.4 is 5.43 Å². The highest BCUT2D eigenvalue weighted by atomic mass is 32.1. The SMILES string of the molecule is CC(=O)c1sc(N/N=C/C2CC=CCC2)nc1C. The lowest BCUT2D eigenvalue weighted by Crippen LogP contribution is -2.04. The van der Waals surface area contributed by atoms with Gasteiger partial charge in [-0.1, -0.05) is 23.5 Å². The topological polar surface area (TPSA) is 54.4 Å². The van der Waals surface area contributed by atoms with Gasteiger partial charge in [-0.3, -0.25) is 10.2 Å². The highest BCUT2D eigenvalue weighted by molar-refractivity contribution is 7.17. The third-order valence-electron chi connectivity index (χ3n) is 2.87. The van der Waals surface area contributed by atoms with Gasteiger partial charge in [-0.2, -0.15) is 5.10 Å². The van der Waals surface area contributed by atoms with E-state index in [1.807, 2.05) is 13.1 Å². The van der Waals surface area contributed by atoms with Gasteiger partial charge in [0.05, 0.1) is 10.6 Å². The average molecular weight is 263 g/mol. The number of nitrogens with zero attached hydrogens (tertiary/aromatic N) is 2. The van der Waals surface area contributed by atoms with E-state index >= 15 is 0 Å². The Morgan fingerprint density at radius 3 is 3.06 bits per heavy atom. The molecule has 0 amide bonds. The fourth-order valence-electron chi connectivity index (χ4n) is 1.92. The maximum absolute atomic E-state index is 11.3. The lowest BCUT2D eigenvalue weighted by atomic mass is 9.96. The maximum Gasteiger partial charge on any atom is 0.204 e. The predicted molar refractivity (Wildman–Crippen MR) is 75.5 cm³/mol. The number of hydrogen-bond donors (Lipinski definition) is 1. The summed E-state index contributed by atoms with van der Waals surface area (Å²) >= 11 is 1.35. The Balaban J connectivity index is 1.93. The highest BCUT2D eigenvalue weighted by Crippen LogP contribution is 2.23. The first-order chi connectivity index (χ1) is 8.66. The molecule has 96 valence electrons. The zero-order chi connectivity index (χ0) is 13.0. The second kappa shape index (κ2) is 5.91. The van der Waals surface area contributed by atoms with Crippen LogP contribution in [0.1, 0.15) is 41.6 Å². The second-order valence-electron chi connectivity index (χ2n) is 4.42. The Morgan fingerprint density at radius 2 is 2.44 bits per heavy atom. The summed E-state index contributed by atoms with van der Waals surface area (Å²) in [6.45, 7) is 3.40. The standard InChI is InChI=1S/C13H17N3OS/c1-9-12(10(2)17)18-13(15-9)16-14-8-11-6-4-3-5-7-11/h3-4,8,11H,5-7H2,1-2H3,(H,15,16)/b14-8+. The number of aryl methyl sites for hydroxylation is 1. The Labute approximate surface area is 111 Å². The summed E-state index contributed by atoms with van der Waals surface area (Å²) in [6, 6.07) is 0. The Bertz CT molecular complexity index is 490. The largest absolute Gasteiger partial charge is 0.294 e. The molecule has 18 heavy (non-hydrogen) atoms. The van der Waals surface area contributed by atoms with Gasteiger partial charge in [-0.15, -0.1) is 0 Å². The lowest BCUT2D eigenvalue weighted by molar-refractivity contribution is 0.102. The average Bonchev–Trinajstić information content (AvgIpc) is 2.72. The van der Waals surface area contributed by atoms with Gasteiger partial charge < -0.3 is 0 Å². The van der Waals surface area contributed by atoms with E-state index in [4.69, 9.17) is 0 Å². The van der Waals surface area contributed by atoms with Gasteiger partial charge in [0.1, 0.15) is 0 Å². The molecule has 1 aliphatic carbocycles. The molecule has 1 aromatic heterocycles. The first-order valence-electron chi connectivity index (χ1n) is 6.09. The van der Waals surface area contributed by atoms with Gasteiger partial charge in [0.25, 0.3) is 0 Å². The number of ketones is 1. The van der Waals surface area contributed by atoms with Crippen molar-refractivity contribution in [3.8, 4) is 0 Å². The molecule has 2 rings (SSSR count). The fourth-order valence-corrected chi connectivity index (χ4v) is 2.73. The minimum atomic E-state index is 0.0550. The molecule has 1 unspecified atom stereocenters. The van der Waals surface area contributed by atoms with E-state index in [2.05, 4.69) is 27.7 Å². The van der Waals surface area contributed by atoms with E-state index < -0.39 is 0 Å². The highest BCUT2D eigenvalue weighted by Gasteiger charge is 2.11. The molecule has 1 heterocycles. The molecular formula is C13H17N3OS. The molecule has 0 aromatic carbocycles. The summed E-state index contributed by atoms with van der Waals surface area (Å²) < 4.78 is 0. The van der Waals surface area contributed by atoms with Crippen molar-refractivity contribution in [1.29, 1.82) is 0 Å². The van der Waals surface area contributed by atoms with Crippen molar-refractivity contribution in [3.63, 3.8) is 0 Å². The minimum Gasteiger partial charge on any atom is -0.294 e. The van der Waals surface area contributed by atoms with E-state index in [1.165, 1.54) is 11.3 Å². The number of rotatable bonds is 4. The molecule has 0 aliphatic heterocycles. The van der Waals surface area contributed by atoms with E-state index in [9.17, 15) is 4.79 Å². The number of hydrogen-bond acceptors (Lipinski definition) is 5. The first kappa shape index (κ1) is 13.0. The van der Waals surface area contributed by atoms with Gasteiger partial charge >= 0.3 is 0 Å². The van der Waals surface area contributed by atoms with Crippen LogP contribution in [0.5, 0.6) is 0 Å². The molecule has 1 aromatic rings. The van der Waals surface area contributed by atoms with E-state index in [0.29, 0.717) is 15.9 Å². The van der Waals surface area contributed by atoms with Gasteiger partial charge in [0.2, 0.25) is 5.13 Å². The van der Waals surface area contributed by atoms with Crippen molar-refractivity contribution in [3.05, 3.63) is 22.7 Å². The number of allylic oxidation sites excluding steroid dienone is 2. The Hall–Kier alpha value is -1.49. The molecule has 1 aliphatic rings. The van der Waals surface area contributed by atoms with Gasteiger partial charge in [-0.05, 0) is 32.1 Å². The number of aromatic nitrogens is 1. The number of carbonyl (C=O) groups excluding carboxylic acids is 1. The third-order valence-corrected chi connectivity index (χ3v) is 4.03. The van der Waals surface area contributed by atoms with Crippen LogP contribution in [0.4, 0.5) is 5.13 Å². The summed E-state index contributed by atoms with van der Waals surface area (Å²) in [6.07, 6.45) is 9.68. The summed E-state index contributed by atoms with van der Waals surface area (Å²) in [4.78, 5) is 16.3. The van der Waals surface area contributed by atoms with E-state index in [-0.39, 0.29) is 5.78 Å². The van der Waals surface area contributed by atoms with Gasteiger partial charge in [-0.25, -0.2) is 4.98 Å². The van der Waals surface area contributed by atoms with Gasteiger partial charge in [0, 0.05) is 13.1 Å². The third kappa shape index (κ3) is 3.26. The quantitative estimate of drug-likeness (QED) is 0.392. The second-order valence-corrected chi connectivity index (χ2v) is 5.42. The zero-order valence-electron chi connectivity index (χ0n) is 10.6. The van der Waals surface area contributed by atoms with Crippen LogP contribution in [-0.2, 0) is 0 Å². The number of anilines is 1. The molecule has 0 spiro atoms. The summed E-state index contributed by atoms with van der Waals surface area (Å²) in [7, 11) is 0. The van der Waals surface area contributed by atoms with E-state index in [0.717, 1.165) is 25.0 Å². The van der Waals surface area contributed by atoms with Gasteiger partial charge in [0.15, 0.2) is 5.78 Å². The Morgan fingerprint density at radius 1 is 1.61 bits per heavy atom. The first-order valence-corrected chi connectivity index (χ1v) is 6.91. The minimum absolute atomic E-state index is 0.0550. The maximum atomic E-state index is 11.3. The van der Waals surface area contributed by atoms with E-state index in [1.54, 1.807) is 6.92 Å². The Kier molecular flexibility index (Phi) is 4.25. The van der Waals surface area contributed by atoms with Crippen LogP contribution >= 0.6 is 11.3 Å². The van der Waals surface area contributed by atoms with Crippen molar-refractivity contribution in [2.24, 2.45) is 11.0 Å². The number of hydrazone groups is 1. The molecule has 0 bridgehead atoms. The van der Waals surface area contributed by atoms with Crippen LogP contribution in [0.3, 0.4) is 0 Å². The number of thiazole rings is 1.